The van der Waals surface area contributed by atoms with Gasteiger partial charge in [0.05, 0.1) is 5.60 Å². The Morgan fingerprint density at radius 3 is 2.47 bits per heavy atom. The van der Waals surface area contributed by atoms with Gasteiger partial charge >= 0.3 is 6.09 Å². The van der Waals surface area contributed by atoms with E-state index in [2.05, 4.69) is 5.32 Å². The lowest BCUT2D eigenvalue weighted by Crippen LogP contribution is -2.27. The molecule has 1 aromatic carbocycles. The van der Waals surface area contributed by atoms with Crippen molar-refractivity contribution in [2.45, 2.75) is 44.8 Å². The number of phenols is 1. The summed E-state index contributed by atoms with van der Waals surface area (Å²) in [5.74, 6) is -0.0199. The van der Waals surface area contributed by atoms with Crippen LogP contribution in [-0.4, -0.2) is 21.9 Å². The molecule has 19 heavy (non-hydrogen) atoms. The third-order valence-electron chi connectivity index (χ3n) is 2.87. The summed E-state index contributed by atoms with van der Waals surface area (Å²) >= 11 is 0. The van der Waals surface area contributed by atoms with Crippen molar-refractivity contribution in [3.8, 4) is 5.75 Å². The molecule has 0 spiro atoms. The van der Waals surface area contributed by atoms with Gasteiger partial charge in [-0.1, -0.05) is 6.07 Å². The van der Waals surface area contributed by atoms with Crippen molar-refractivity contribution < 1.29 is 19.7 Å². The van der Waals surface area contributed by atoms with Gasteiger partial charge in [0.2, 0.25) is 0 Å². The molecule has 1 aromatic rings. The van der Waals surface area contributed by atoms with Crippen molar-refractivity contribution in [1.82, 2.24) is 0 Å². The lowest BCUT2D eigenvalue weighted by atomic mass is 10.1. The van der Waals surface area contributed by atoms with Crippen LogP contribution in [0.2, 0.25) is 0 Å². The van der Waals surface area contributed by atoms with Gasteiger partial charge in [-0.3, -0.25) is 5.32 Å². The second-order valence-corrected chi connectivity index (χ2v) is 5.89. The monoisotopic (exact) mass is 265 g/mol. The van der Waals surface area contributed by atoms with Crippen LogP contribution >= 0.6 is 0 Å². The maximum Gasteiger partial charge on any atom is 0.412 e. The van der Waals surface area contributed by atoms with E-state index in [0.717, 1.165) is 0 Å². The molecule has 1 amide bonds. The molecule has 104 valence electrons. The standard InChI is InChI=1S/C14H19NO4/c1-13(2,3)19-12(17)15-9-4-5-10(11(16)8-9)14(18)6-7-14/h4-5,8,16,18H,6-7H2,1-3H3,(H,15,17). The van der Waals surface area contributed by atoms with Crippen LogP contribution in [0.1, 0.15) is 39.2 Å². The van der Waals surface area contributed by atoms with Crippen LogP contribution < -0.4 is 5.32 Å². The van der Waals surface area contributed by atoms with Gasteiger partial charge in [0, 0.05) is 17.3 Å². The van der Waals surface area contributed by atoms with E-state index < -0.39 is 17.3 Å². The van der Waals surface area contributed by atoms with E-state index in [1.54, 1.807) is 32.9 Å². The number of phenolic OH excluding ortho intramolecular Hbond substituents is 1. The normalized spacial score (nSPS) is 16.8. The molecule has 0 bridgehead atoms. The molecule has 1 saturated carbocycles. The SMILES string of the molecule is CC(C)(C)OC(=O)Nc1ccc(C2(O)CC2)c(O)c1. The quantitative estimate of drug-likeness (QED) is 0.768. The zero-order chi connectivity index (χ0) is 14.3. The topological polar surface area (TPSA) is 78.8 Å². The van der Waals surface area contributed by atoms with Gasteiger partial charge in [0.25, 0.3) is 0 Å². The van der Waals surface area contributed by atoms with Crippen LogP contribution in [0.15, 0.2) is 18.2 Å². The molecule has 0 unspecified atom stereocenters. The molecule has 0 atom stereocenters. The predicted octanol–water partition coefficient (Wildman–Crippen LogP) is 2.72. The fourth-order valence-corrected chi connectivity index (χ4v) is 1.81. The van der Waals surface area contributed by atoms with Crippen LogP contribution in [0.3, 0.4) is 0 Å². The van der Waals surface area contributed by atoms with Gasteiger partial charge in [0.1, 0.15) is 11.4 Å². The molecule has 5 nitrogen and oxygen atoms in total. The molecule has 5 heteroatoms. The summed E-state index contributed by atoms with van der Waals surface area (Å²) in [5, 5.41) is 22.3. The molecule has 0 saturated heterocycles. The van der Waals surface area contributed by atoms with Gasteiger partial charge in [0.15, 0.2) is 0 Å². The highest BCUT2D eigenvalue weighted by atomic mass is 16.6. The zero-order valence-electron chi connectivity index (χ0n) is 11.4. The number of ether oxygens (including phenoxy) is 1. The summed E-state index contributed by atoms with van der Waals surface area (Å²) in [6.45, 7) is 5.32. The largest absolute Gasteiger partial charge is 0.507 e. The van der Waals surface area contributed by atoms with Crippen molar-refractivity contribution in [2.24, 2.45) is 0 Å². The van der Waals surface area contributed by atoms with E-state index in [1.165, 1.54) is 6.07 Å². The Bertz CT molecular complexity index is 501. The number of hydrogen-bond acceptors (Lipinski definition) is 4. The number of aliphatic hydroxyl groups is 1. The number of rotatable bonds is 2. The fraction of sp³-hybridized carbons (Fsp3) is 0.500. The second kappa shape index (κ2) is 4.42. The highest BCUT2D eigenvalue weighted by molar-refractivity contribution is 5.85. The Balaban J connectivity index is 2.06. The number of benzene rings is 1. The number of aromatic hydroxyl groups is 1. The predicted molar refractivity (Wildman–Crippen MR) is 71.1 cm³/mol. The van der Waals surface area contributed by atoms with Gasteiger partial charge in [-0.25, -0.2) is 4.79 Å². The minimum absolute atomic E-state index is 0.0199. The first kappa shape index (κ1) is 13.7. The molecule has 1 fully saturated rings. The lowest BCUT2D eigenvalue weighted by Gasteiger charge is -2.20. The number of hydrogen-bond donors (Lipinski definition) is 3. The highest BCUT2D eigenvalue weighted by Gasteiger charge is 2.44. The van der Waals surface area contributed by atoms with Crippen LogP contribution in [0.5, 0.6) is 5.75 Å². The van der Waals surface area contributed by atoms with Crippen molar-refractivity contribution in [2.75, 3.05) is 5.32 Å². The fourth-order valence-electron chi connectivity index (χ4n) is 1.81. The number of carbonyl (C=O) groups excluding carboxylic acids is 1. The van der Waals surface area contributed by atoms with Gasteiger partial charge in [-0.15, -0.1) is 0 Å². The summed E-state index contributed by atoms with van der Waals surface area (Å²) in [6.07, 6.45) is 0.725. The average Bonchev–Trinajstić information content (AvgIpc) is 2.94. The number of anilines is 1. The number of nitrogens with one attached hydrogen (secondary N) is 1. The van der Waals surface area contributed by atoms with E-state index in [1.807, 2.05) is 0 Å². The van der Waals surface area contributed by atoms with Crippen molar-refractivity contribution >= 4 is 11.8 Å². The van der Waals surface area contributed by atoms with E-state index in [4.69, 9.17) is 4.74 Å². The molecule has 0 aliphatic heterocycles. The Kier molecular flexibility index (Phi) is 3.18. The minimum Gasteiger partial charge on any atom is -0.507 e. The van der Waals surface area contributed by atoms with E-state index >= 15 is 0 Å². The van der Waals surface area contributed by atoms with E-state index in [-0.39, 0.29) is 5.75 Å². The number of carbonyl (C=O) groups is 1. The number of amides is 1. The van der Waals surface area contributed by atoms with Crippen LogP contribution in [0.25, 0.3) is 0 Å². The molecule has 3 N–H and O–H groups in total. The van der Waals surface area contributed by atoms with Crippen molar-refractivity contribution in [3.05, 3.63) is 23.8 Å². The summed E-state index contributed by atoms with van der Waals surface area (Å²) in [5.41, 5.74) is -0.536. The van der Waals surface area contributed by atoms with Gasteiger partial charge < -0.3 is 14.9 Å². The minimum atomic E-state index is -0.894. The van der Waals surface area contributed by atoms with E-state index in [0.29, 0.717) is 24.1 Å². The van der Waals surface area contributed by atoms with Gasteiger partial charge in [-0.2, -0.15) is 0 Å². The Labute approximate surface area is 112 Å². The average molecular weight is 265 g/mol. The van der Waals surface area contributed by atoms with Gasteiger partial charge in [-0.05, 0) is 39.7 Å². The Morgan fingerprint density at radius 1 is 1.37 bits per heavy atom. The van der Waals surface area contributed by atoms with E-state index in [9.17, 15) is 15.0 Å². The zero-order valence-corrected chi connectivity index (χ0v) is 11.4. The molecule has 0 radical (unpaired) electrons. The molecular formula is C14H19NO4. The molecule has 2 rings (SSSR count). The smallest absolute Gasteiger partial charge is 0.412 e. The van der Waals surface area contributed by atoms with Crippen molar-refractivity contribution in [3.63, 3.8) is 0 Å². The lowest BCUT2D eigenvalue weighted by molar-refractivity contribution is 0.0636. The maximum absolute atomic E-state index is 11.6. The first-order valence-electron chi connectivity index (χ1n) is 6.25. The maximum atomic E-state index is 11.6. The molecule has 1 aliphatic rings. The third-order valence-corrected chi connectivity index (χ3v) is 2.87. The van der Waals surface area contributed by atoms with Crippen LogP contribution in [0, 0.1) is 0 Å². The molecule has 0 aromatic heterocycles. The van der Waals surface area contributed by atoms with Crippen molar-refractivity contribution in [1.29, 1.82) is 0 Å². The Hall–Kier alpha value is -1.75. The molecular weight excluding hydrogens is 246 g/mol. The summed E-state index contributed by atoms with van der Waals surface area (Å²) in [7, 11) is 0. The summed E-state index contributed by atoms with van der Waals surface area (Å²) in [6, 6.07) is 4.67. The van der Waals surface area contributed by atoms with Crippen LogP contribution in [0.4, 0.5) is 10.5 Å². The highest BCUT2D eigenvalue weighted by Crippen LogP contribution is 2.48. The second-order valence-electron chi connectivity index (χ2n) is 5.89. The Morgan fingerprint density at radius 2 is 2.00 bits per heavy atom. The summed E-state index contributed by atoms with van der Waals surface area (Å²) in [4.78, 5) is 11.6. The third kappa shape index (κ3) is 3.38. The molecule has 0 heterocycles. The first-order chi connectivity index (χ1) is 8.70. The van der Waals surface area contributed by atoms with Crippen LogP contribution in [-0.2, 0) is 10.3 Å². The molecule has 1 aliphatic carbocycles. The first-order valence-corrected chi connectivity index (χ1v) is 6.25. The summed E-state index contributed by atoms with van der Waals surface area (Å²) < 4.78 is 5.11.